The number of hydrogen-bond donors (Lipinski definition) is 1. The maximum absolute atomic E-state index is 13.2. The van der Waals surface area contributed by atoms with Crippen LogP contribution in [-0.2, 0) is 13.1 Å². The zero-order chi connectivity index (χ0) is 11.5. The van der Waals surface area contributed by atoms with Crippen molar-refractivity contribution in [1.29, 1.82) is 0 Å². The predicted molar refractivity (Wildman–Crippen MR) is 62.7 cm³/mol. The van der Waals surface area contributed by atoms with Gasteiger partial charge >= 0.3 is 0 Å². The summed E-state index contributed by atoms with van der Waals surface area (Å²) in [6.45, 7) is 3.68. The van der Waals surface area contributed by atoms with E-state index in [2.05, 4.69) is 21.8 Å². The van der Waals surface area contributed by atoms with Gasteiger partial charge in [0, 0.05) is 6.54 Å². The molecule has 2 rings (SSSR count). The molecular weight excluding hydrogens is 205 g/mol. The van der Waals surface area contributed by atoms with Crippen LogP contribution in [0.3, 0.4) is 0 Å². The lowest BCUT2D eigenvalue weighted by Gasteiger charge is -2.06. The van der Waals surface area contributed by atoms with E-state index in [9.17, 15) is 4.39 Å². The minimum absolute atomic E-state index is 0.208. The molecule has 0 unspecified atom stereocenters. The molecular formula is C12H16FN3. The molecule has 2 aromatic rings. The van der Waals surface area contributed by atoms with Crippen LogP contribution in [0.25, 0.3) is 11.0 Å². The van der Waals surface area contributed by atoms with Crippen LogP contribution in [0.2, 0.25) is 0 Å². The van der Waals surface area contributed by atoms with E-state index in [0.717, 1.165) is 29.8 Å². The van der Waals surface area contributed by atoms with Gasteiger partial charge < -0.3 is 9.88 Å². The zero-order valence-corrected chi connectivity index (χ0v) is 9.63. The Morgan fingerprint density at radius 3 is 2.94 bits per heavy atom. The van der Waals surface area contributed by atoms with Crippen LogP contribution >= 0.6 is 0 Å². The van der Waals surface area contributed by atoms with E-state index in [1.807, 2.05) is 7.05 Å². The van der Waals surface area contributed by atoms with Crippen molar-refractivity contribution in [1.82, 2.24) is 14.9 Å². The first-order valence-corrected chi connectivity index (χ1v) is 5.55. The number of fused-ring (bicyclic) bond motifs is 1. The number of nitrogens with one attached hydrogen (secondary N) is 1. The van der Waals surface area contributed by atoms with Crippen LogP contribution in [0.1, 0.15) is 19.2 Å². The van der Waals surface area contributed by atoms with E-state index in [4.69, 9.17) is 0 Å². The molecule has 4 heteroatoms. The Balaban J connectivity index is 2.57. The first kappa shape index (κ1) is 11.1. The molecule has 86 valence electrons. The Kier molecular flexibility index (Phi) is 3.19. The summed E-state index contributed by atoms with van der Waals surface area (Å²) < 4.78 is 15.3. The van der Waals surface area contributed by atoms with Crippen molar-refractivity contribution < 1.29 is 4.39 Å². The highest BCUT2D eigenvalue weighted by Gasteiger charge is 2.09. The van der Waals surface area contributed by atoms with Crippen molar-refractivity contribution >= 4 is 11.0 Å². The van der Waals surface area contributed by atoms with E-state index >= 15 is 0 Å². The molecule has 16 heavy (non-hydrogen) atoms. The summed E-state index contributed by atoms with van der Waals surface area (Å²) in [6, 6.07) is 4.74. The molecule has 1 N–H and O–H groups in total. The van der Waals surface area contributed by atoms with Crippen molar-refractivity contribution in [3.8, 4) is 0 Å². The van der Waals surface area contributed by atoms with E-state index in [1.165, 1.54) is 6.07 Å². The first-order chi connectivity index (χ1) is 7.76. The van der Waals surface area contributed by atoms with E-state index in [-0.39, 0.29) is 5.82 Å². The van der Waals surface area contributed by atoms with Crippen LogP contribution in [0.15, 0.2) is 18.2 Å². The summed E-state index contributed by atoms with van der Waals surface area (Å²) in [6.07, 6.45) is 1.01. The molecule has 1 aromatic heterocycles. The standard InChI is InChI=1S/C12H16FN3/c1-3-6-16-11-7-9(13)4-5-10(11)15-12(16)8-14-2/h4-5,7,14H,3,6,8H2,1-2H3. The van der Waals surface area contributed by atoms with E-state index < -0.39 is 0 Å². The molecule has 0 saturated carbocycles. The molecule has 0 amide bonds. The average molecular weight is 221 g/mol. The second kappa shape index (κ2) is 4.61. The van der Waals surface area contributed by atoms with Crippen LogP contribution in [0.4, 0.5) is 4.39 Å². The number of aryl methyl sites for hydroxylation is 1. The van der Waals surface area contributed by atoms with E-state index in [0.29, 0.717) is 6.54 Å². The Morgan fingerprint density at radius 2 is 2.25 bits per heavy atom. The highest BCUT2D eigenvalue weighted by Crippen LogP contribution is 2.18. The van der Waals surface area contributed by atoms with Gasteiger partial charge in [-0.15, -0.1) is 0 Å². The quantitative estimate of drug-likeness (QED) is 0.858. The largest absolute Gasteiger partial charge is 0.327 e. The minimum atomic E-state index is -0.208. The summed E-state index contributed by atoms with van der Waals surface area (Å²) in [7, 11) is 1.89. The number of rotatable bonds is 4. The highest BCUT2D eigenvalue weighted by atomic mass is 19.1. The third kappa shape index (κ3) is 1.93. The molecule has 1 aromatic carbocycles. The summed E-state index contributed by atoms with van der Waals surface area (Å²) in [5.41, 5.74) is 1.74. The number of benzene rings is 1. The van der Waals surface area contributed by atoms with E-state index in [1.54, 1.807) is 12.1 Å². The fraction of sp³-hybridized carbons (Fsp3) is 0.417. The summed E-state index contributed by atoms with van der Waals surface area (Å²) in [5, 5.41) is 3.08. The fourth-order valence-electron chi connectivity index (χ4n) is 1.91. The van der Waals surface area contributed by atoms with Crippen molar-refractivity contribution in [2.45, 2.75) is 26.4 Å². The second-order valence-electron chi connectivity index (χ2n) is 3.84. The van der Waals surface area contributed by atoms with Gasteiger partial charge in [0.15, 0.2) is 0 Å². The Bertz CT molecular complexity index is 490. The summed E-state index contributed by atoms with van der Waals surface area (Å²) in [5.74, 6) is 0.755. The first-order valence-electron chi connectivity index (χ1n) is 5.55. The van der Waals surface area contributed by atoms with Crippen molar-refractivity contribution in [3.63, 3.8) is 0 Å². The maximum atomic E-state index is 13.2. The SMILES string of the molecule is CCCn1c(CNC)nc2ccc(F)cc21. The van der Waals surface area contributed by atoms with Gasteiger partial charge in [-0.3, -0.25) is 0 Å². The molecule has 0 radical (unpaired) electrons. The Morgan fingerprint density at radius 1 is 1.44 bits per heavy atom. The smallest absolute Gasteiger partial charge is 0.125 e. The lowest BCUT2D eigenvalue weighted by atomic mass is 10.3. The van der Waals surface area contributed by atoms with Gasteiger partial charge in [0.05, 0.1) is 17.6 Å². The number of halogens is 1. The third-order valence-electron chi connectivity index (χ3n) is 2.57. The van der Waals surface area contributed by atoms with Crippen molar-refractivity contribution in [2.24, 2.45) is 0 Å². The molecule has 0 aliphatic rings. The molecule has 0 aliphatic carbocycles. The second-order valence-corrected chi connectivity index (χ2v) is 3.84. The fourth-order valence-corrected chi connectivity index (χ4v) is 1.91. The van der Waals surface area contributed by atoms with Gasteiger partial charge in [-0.2, -0.15) is 0 Å². The van der Waals surface area contributed by atoms with Gasteiger partial charge in [-0.05, 0) is 31.7 Å². The van der Waals surface area contributed by atoms with Gasteiger partial charge in [0.1, 0.15) is 11.6 Å². The average Bonchev–Trinajstić information content (AvgIpc) is 2.58. The van der Waals surface area contributed by atoms with Crippen LogP contribution in [-0.4, -0.2) is 16.6 Å². The zero-order valence-electron chi connectivity index (χ0n) is 9.63. The third-order valence-corrected chi connectivity index (χ3v) is 2.57. The molecule has 0 atom stereocenters. The molecule has 0 spiro atoms. The Hall–Kier alpha value is -1.42. The summed E-state index contributed by atoms with van der Waals surface area (Å²) >= 11 is 0. The topological polar surface area (TPSA) is 29.9 Å². The van der Waals surface area contributed by atoms with Gasteiger partial charge in [0.25, 0.3) is 0 Å². The minimum Gasteiger partial charge on any atom is -0.327 e. The Labute approximate surface area is 94.3 Å². The summed E-state index contributed by atoms with van der Waals surface area (Å²) in [4.78, 5) is 4.50. The number of imidazole rings is 1. The van der Waals surface area contributed by atoms with Crippen LogP contribution in [0.5, 0.6) is 0 Å². The van der Waals surface area contributed by atoms with Gasteiger partial charge in [-0.25, -0.2) is 9.37 Å². The molecule has 0 fully saturated rings. The number of aromatic nitrogens is 2. The lowest BCUT2D eigenvalue weighted by molar-refractivity contribution is 0.617. The molecule has 0 aliphatic heterocycles. The molecule has 3 nitrogen and oxygen atoms in total. The molecule has 0 saturated heterocycles. The van der Waals surface area contributed by atoms with Gasteiger partial charge in [-0.1, -0.05) is 6.92 Å². The van der Waals surface area contributed by atoms with Gasteiger partial charge in [0.2, 0.25) is 0 Å². The molecule has 1 heterocycles. The number of nitrogens with zero attached hydrogens (tertiary/aromatic N) is 2. The van der Waals surface area contributed by atoms with Crippen molar-refractivity contribution in [2.75, 3.05) is 7.05 Å². The number of hydrogen-bond acceptors (Lipinski definition) is 2. The van der Waals surface area contributed by atoms with Crippen molar-refractivity contribution in [3.05, 3.63) is 29.8 Å². The van der Waals surface area contributed by atoms with Crippen LogP contribution < -0.4 is 5.32 Å². The monoisotopic (exact) mass is 221 g/mol. The molecule has 0 bridgehead atoms. The maximum Gasteiger partial charge on any atom is 0.125 e. The predicted octanol–water partition coefficient (Wildman–Crippen LogP) is 2.30. The highest BCUT2D eigenvalue weighted by molar-refractivity contribution is 5.76. The normalized spacial score (nSPS) is 11.2. The lowest BCUT2D eigenvalue weighted by Crippen LogP contribution is -2.12. The van der Waals surface area contributed by atoms with Crippen LogP contribution in [0, 0.1) is 5.82 Å².